The first-order valence-corrected chi connectivity index (χ1v) is 8.08. The molecule has 2 heterocycles. The van der Waals surface area contributed by atoms with Gasteiger partial charge in [-0.25, -0.2) is 0 Å². The summed E-state index contributed by atoms with van der Waals surface area (Å²) < 4.78 is 0. The summed E-state index contributed by atoms with van der Waals surface area (Å²) in [4.78, 5) is 16.7. The Morgan fingerprint density at radius 2 is 2.17 bits per heavy atom. The summed E-state index contributed by atoms with van der Waals surface area (Å²) >= 11 is 0. The Morgan fingerprint density at radius 1 is 1.33 bits per heavy atom. The number of hydrogen-bond donors (Lipinski definition) is 2. The van der Waals surface area contributed by atoms with E-state index < -0.39 is 11.6 Å². The zero-order valence-corrected chi connectivity index (χ0v) is 13.9. The summed E-state index contributed by atoms with van der Waals surface area (Å²) in [5, 5.41) is 11.5. The van der Waals surface area contributed by atoms with E-state index in [1.165, 1.54) is 0 Å². The number of hydrogen-bond acceptors (Lipinski definition) is 5. The van der Waals surface area contributed by atoms with Gasteiger partial charge in [0.25, 0.3) is 5.91 Å². The number of amides is 1. The standard InChI is InChI=1S/C18H21N5O/c1-3-9-21-17(24)18(2)16(19)14-8-4-7-13(15(14)22-23-18)12-6-5-10-20-11-12/h4-8,10-11,16H,3,9,19H2,1-2H3,(H,21,24). The second-order valence-corrected chi connectivity index (χ2v) is 6.07. The van der Waals surface area contributed by atoms with Gasteiger partial charge in [0.2, 0.25) is 0 Å². The molecule has 24 heavy (non-hydrogen) atoms. The van der Waals surface area contributed by atoms with E-state index in [-0.39, 0.29) is 5.91 Å². The van der Waals surface area contributed by atoms with E-state index in [1.807, 2.05) is 37.3 Å². The fraction of sp³-hybridized carbons (Fsp3) is 0.333. The van der Waals surface area contributed by atoms with Gasteiger partial charge in [-0.05, 0) is 19.4 Å². The average molecular weight is 323 g/mol. The molecule has 124 valence electrons. The van der Waals surface area contributed by atoms with Crippen molar-refractivity contribution in [3.63, 3.8) is 0 Å². The molecule has 0 radical (unpaired) electrons. The van der Waals surface area contributed by atoms with Crippen LogP contribution in [0.5, 0.6) is 0 Å². The first kappa shape index (κ1) is 16.3. The maximum Gasteiger partial charge on any atom is 0.251 e. The van der Waals surface area contributed by atoms with Crippen LogP contribution in [0.3, 0.4) is 0 Å². The SMILES string of the molecule is CCCNC(=O)C1(C)N=Nc2c(-c3cccnc3)cccc2C1N. The number of fused-ring (bicyclic) bond motifs is 1. The average Bonchev–Trinajstić information content (AvgIpc) is 2.63. The van der Waals surface area contributed by atoms with Crippen molar-refractivity contribution in [2.45, 2.75) is 31.8 Å². The molecule has 1 amide bonds. The molecule has 2 atom stereocenters. The van der Waals surface area contributed by atoms with Crippen LogP contribution in [0.1, 0.15) is 31.9 Å². The van der Waals surface area contributed by atoms with Crippen LogP contribution in [0.15, 0.2) is 53.0 Å². The van der Waals surface area contributed by atoms with Crippen molar-refractivity contribution in [3.8, 4) is 11.1 Å². The van der Waals surface area contributed by atoms with E-state index in [0.29, 0.717) is 12.2 Å². The molecule has 3 N–H and O–H groups in total. The number of carbonyl (C=O) groups is 1. The molecular weight excluding hydrogens is 302 g/mol. The van der Waals surface area contributed by atoms with Gasteiger partial charge in [-0.1, -0.05) is 31.2 Å². The topological polar surface area (TPSA) is 92.7 Å². The molecule has 0 saturated heterocycles. The van der Waals surface area contributed by atoms with Gasteiger partial charge in [-0.2, -0.15) is 10.2 Å². The Balaban J connectivity index is 2.02. The molecule has 3 rings (SSSR count). The maximum absolute atomic E-state index is 12.5. The van der Waals surface area contributed by atoms with E-state index in [4.69, 9.17) is 5.73 Å². The number of rotatable bonds is 4. The van der Waals surface area contributed by atoms with E-state index >= 15 is 0 Å². The van der Waals surface area contributed by atoms with E-state index in [2.05, 4.69) is 20.5 Å². The first-order chi connectivity index (χ1) is 11.6. The van der Waals surface area contributed by atoms with Gasteiger partial charge in [-0.3, -0.25) is 9.78 Å². The minimum absolute atomic E-state index is 0.196. The Kier molecular flexibility index (Phi) is 4.40. The molecule has 1 aliphatic heterocycles. The molecule has 0 spiro atoms. The van der Waals surface area contributed by atoms with Gasteiger partial charge < -0.3 is 11.1 Å². The Morgan fingerprint density at radius 3 is 2.88 bits per heavy atom. The van der Waals surface area contributed by atoms with Crippen molar-refractivity contribution in [2.75, 3.05) is 6.54 Å². The van der Waals surface area contributed by atoms with E-state index in [0.717, 1.165) is 23.1 Å². The highest BCUT2D eigenvalue weighted by Gasteiger charge is 2.44. The van der Waals surface area contributed by atoms with E-state index in [9.17, 15) is 4.79 Å². The molecule has 0 fully saturated rings. The smallest absolute Gasteiger partial charge is 0.251 e. The number of nitrogens with one attached hydrogen (secondary N) is 1. The van der Waals surface area contributed by atoms with Gasteiger partial charge >= 0.3 is 0 Å². The summed E-state index contributed by atoms with van der Waals surface area (Å²) in [5.74, 6) is -0.196. The Labute approximate surface area is 141 Å². The molecule has 2 aromatic rings. The van der Waals surface area contributed by atoms with Gasteiger partial charge in [0.15, 0.2) is 5.54 Å². The number of carbonyl (C=O) groups excluding carboxylic acids is 1. The monoisotopic (exact) mass is 323 g/mol. The summed E-state index contributed by atoms with van der Waals surface area (Å²) in [6.07, 6.45) is 4.36. The fourth-order valence-electron chi connectivity index (χ4n) is 2.80. The predicted molar refractivity (Wildman–Crippen MR) is 92.8 cm³/mol. The molecule has 1 aromatic carbocycles. The summed E-state index contributed by atoms with van der Waals surface area (Å²) in [6, 6.07) is 9.07. The number of benzene rings is 1. The van der Waals surface area contributed by atoms with Crippen LogP contribution in [-0.2, 0) is 4.79 Å². The summed E-state index contributed by atoms with van der Waals surface area (Å²) in [5.41, 5.74) is 8.70. The van der Waals surface area contributed by atoms with Crippen LogP contribution >= 0.6 is 0 Å². The molecule has 0 aliphatic carbocycles. The minimum atomic E-state index is -1.10. The predicted octanol–water partition coefficient (Wildman–Crippen LogP) is 3.13. The molecule has 0 bridgehead atoms. The highest BCUT2D eigenvalue weighted by atomic mass is 16.2. The van der Waals surface area contributed by atoms with Crippen molar-refractivity contribution in [2.24, 2.45) is 16.0 Å². The van der Waals surface area contributed by atoms with Crippen molar-refractivity contribution in [3.05, 3.63) is 48.3 Å². The van der Waals surface area contributed by atoms with Crippen molar-refractivity contribution >= 4 is 11.6 Å². The number of pyridine rings is 1. The third-order valence-electron chi connectivity index (χ3n) is 4.33. The first-order valence-electron chi connectivity index (χ1n) is 8.08. The van der Waals surface area contributed by atoms with Gasteiger partial charge in [0.1, 0.15) is 0 Å². The molecule has 6 heteroatoms. The lowest BCUT2D eigenvalue weighted by Crippen LogP contribution is -2.51. The van der Waals surface area contributed by atoms with Gasteiger partial charge in [0, 0.05) is 35.6 Å². The second-order valence-electron chi connectivity index (χ2n) is 6.07. The molecular formula is C18H21N5O. The molecule has 1 aliphatic rings. The Hall–Kier alpha value is -2.60. The number of azo groups is 1. The molecule has 6 nitrogen and oxygen atoms in total. The lowest BCUT2D eigenvalue weighted by molar-refractivity contribution is -0.126. The lowest BCUT2D eigenvalue weighted by atomic mass is 9.84. The highest BCUT2D eigenvalue weighted by molar-refractivity contribution is 5.89. The van der Waals surface area contributed by atoms with E-state index in [1.54, 1.807) is 19.3 Å². The zero-order valence-electron chi connectivity index (χ0n) is 13.9. The fourth-order valence-corrected chi connectivity index (χ4v) is 2.80. The molecule has 0 saturated carbocycles. The molecule has 2 unspecified atom stereocenters. The zero-order chi connectivity index (χ0) is 17.2. The summed E-state index contributed by atoms with van der Waals surface area (Å²) in [6.45, 7) is 4.32. The minimum Gasteiger partial charge on any atom is -0.354 e. The van der Waals surface area contributed by atoms with Crippen LogP contribution in [0.4, 0.5) is 5.69 Å². The van der Waals surface area contributed by atoms with Crippen molar-refractivity contribution in [1.29, 1.82) is 0 Å². The summed E-state index contributed by atoms with van der Waals surface area (Å²) in [7, 11) is 0. The third-order valence-corrected chi connectivity index (χ3v) is 4.33. The quantitative estimate of drug-likeness (QED) is 0.905. The van der Waals surface area contributed by atoms with Crippen LogP contribution < -0.4 is 11.1 Å². The largest absolute Gasteiger partial charge is 0.354 e. The Bertz CT molecular complexity index is 774. The van der Waals surface area contributed by atoms with Crippen LogP contribution in [0.25, 0.3) is 11.1 Å². The van der Waals surface area contributed by atoms with Crippen LogP contribution in [0.2, 0.25) is 0 Å². The van der Waals surface area contributed by atoms with Gasteiger partial charge in [-0.15, -0.1) is 0 Å². The molecule has 1 aromatic heterocycles. The van der Waals surface area contributed by atoms with Crippen molar-refractivity contribution in [1.82, 2.24) is 10.3 Å². The van der Waals surface area contributed by atoms with Crippen LogP contribution in [-0.4, -0.2) is 23.0 Å². The number of nitrogens with two attached hydrogens (primary N) is 1. The number of nitrogens with zero attached hydrogens (tertiary/aromatic N) is 3. The second kappa shape index (κ2) is 6.49. The number of aromatic nitrogens is 1. The maximum atomic E-state index is 12.5. The lowest BCUT2D eigenvalue weighted by Gasteiger charge is -2.33. The third kappa shape index (κ3) is 2.69. The normalized spacial score (nSPS) is 22.0. The van der Waals surface area contributed by atoms with Crippen molar-refractivity contribution < 1.29 is 4.79 Å². The van der Waals surface area contributed by atoms with Crippen LogP contribution in [0, 0.1) is 0 Å². The van der Waals surface area contributed by atoms with Gasteiger partial charge in [0.05, 0.1) is 11.7 Å². The highest BCUT2D eigenvalue weighted by Crippen LogP contribution is 2.44.